The molecule has 1 saturated heterocycles. The molecule has 2 aromatic rings. The molecule has 0 radical (unpaired) electrons. The number of ether oxygens (including phenoxy) is 1. The maximum Gasteiger partial charge on any atom is 0.176 e. The van der Waals surface area contributed by atoms with E-state index in [2.05, 4.69) is 47.7 Å². The summed E-state index contributed by atoms with van der Waals surface area (Å²) in [7, 11) is 1.97. The molecule has 0 bridgehead atoms. The van der Waals surface area contributed by atoms with Crippen LogP contribution in [0.1, 0.15) is 38.1 Å². The maximum absolute atomic E-state index is 5.87. The molecule has 1 aliphatic heterocycles. The predicted molar refractivity (Wildman–Crippen MR) is 83.9 cm³/mol. The molecule has 6 nitrogen and oxygen atoms in total. The van der Waals surface area contributed by atoms with Crippen LogP contribution in [-0.2, 0) is 10.3 Å². The Morgan fingerprint density at radius 2 is 2.05 bits per heavy atom. The van der Waals surface area contributed by atoms with Gasteiger partial charge in [-0.1, -0.05) is 18.2 Å². The summed E-state index contributed by atoms with van der Waals surface area (Å²) in [4.78, 5) is 0. The van der Waals surface area contributed by atoms with Crippen LogP contribution in [0.2, 0.25) is 0 Å². The van der Waals surface area contributed by atoms with E-state index in [4.69, 9.17) is 4.74 Å². The summed E-state index contributed by atoms with van der Waals surface area (Å²) >= 11 is 0. The lowest BCUT2D eigenvalue weighted by atomic mass is 9.80. The third kappa shape index (κ3) is 2.53. The first-order chi connectivity index (χ1) is 10.5. The van der Waals surface area contributed by atoms with Crippen molar-refractivity contribution in [2.24, 2.45) is 0 Å². The first kappa shape index (κ1) is 15.1. The fraction of sp³-hybridized carbons (Fsp3) is 0.562. The highest BCUT2D eigenvalue weighted by Gasteiger charge is 2.45. The number of benzene rings is 1. The minimum absolute atomic E-state index is 0.205. The molecule has 0 aliphatic carbocycles. The van der Waals surface area contributed by atoms with E-state index in [1.165, 1.54) is 0 Å². The van der Waals surface area contributed by atoms with Crippen molar-refractivity contribution in [3.05, 3.63) is 35.7 Å². The lowest BCUT2D eigenvalue weighted by Gasteiger charge is -2.43. The number of nitrogens with zero attached hydrogens (tertiary/aromatic N) is 4. The van der Waals surface area contributed by atoms with Crippen LogP contribution in [0.15, 0.2) is 24.3 Å². The van der Waals surface area contributed by atoms with Crippen molar-refractivity contribution in [2.75, 3.05) is 13.7 Å². The molecule has 1 atom stereocenters. The largest absolute Gasteiger partial charge is 0.375 e. The highest BCUT2D eigenvalue weighted by atomic mass is 16.5. The predicted octanol–water partition coefficient (Wildman–Crippen LogP) is 1.97. The van der Waals surface area contributed by atoms with Gasteiger partial charge in [0.2, 0.25) is 0 Å². The monoisotopic (exact) mass is 301 g/mol. The molecule has 1 fully saturated rings. The Morgan fingerprint density at radius 3 is 2.73 bits per heavy atom. The van der Waals surface area contributed by atoms with Crippen molar-refractivity contribution < 1.29 is 4.74 Å². The van der Waals surface area contributed by atoms with Crippen LogP contribution in [0.25, 0.3) is 5.69 Å². The minimum Gasteiger partial charge on any atom is -0.375 e. The molecule has 1 aromatic carbocycles. The number of rotatable bonds is 3. The molecule has 1 N–H and O–H groups in total. The molecule has 1 aliphatic rings. The molecule has 6 heteroatoms. The summed E-state index contributed by atoms with van der Waals surface area (Å²) < 4.78 is 7.73. The zero-order valence-electron chi connectivity index (χ0n) is 13.6. The van der Waals surface area contributed by atoms with Crippen molar-refractivity contribution in [3.63, 3.8) is 0 Å². The van der Waals surface area contributed by atoms with Gasteiger partial charge in [0.15, 0.2) is 5.82 Å². The van der Waals surface area contributed by atoms with Crippen LogP contribution in [-0.4, -0.2) is 39.5 Å². The van der Waals surface area contributed by atoms with Gasteiger partial charge in [0.05, 0.1) is 16.8 Å². The molecule has 2 heterocycles. The van der Waals surface area contributed by atoms with E-state index in [0.29, 0.717) is 6.61 Å². The van der Waals surface area contributed by atoms with Crippen molar-refractivity contribution in [3.8, 4) is 5.69 Å². The second kappa shape index (κ2) is 5.44. The van der Waals surface area contributed by atoms with Crippen LogP contribution < -0.4 is 5.32 Å². The van der Waals surface area contributed by atoms with Gasteiger partial charge in [-0.25, -0.2) is 0 Å². The van der Waals surface area contributed by atoms with Crippen molar-refractivity contribution in [1.29, 1.82) is 0 Å². The summed E-state index contributed by atoms with van der Waals surface area (Å²) in [5.41, 5.74) is 1.67. The third-order valence-corrected chi connectivity index (χ3v) is 4.47. The van der Waals surface area contributed by atoms with Crippen molar-refractivity contribution in [2.45, 2.75) is 44.8 Å². The van der Waals surface area contributed by atoms with Gasteiger partial charge in [0.25, 0.3) is 0 Å². The van der Waals surface area contributed by atoms with E-state index >= 15 is 0 Å². The van der Waals surface area contributed by atoms with E-state index in [1.807, 2.05) is 29.9 Å². The molecule has 3 rings (SSSR count). The summed E-state index contributed by atoms with van der Waals surface area (Å²) in [6.07, 6.45) is 1.67. The molecule has 1 aromatic heterocycles. The maximum atomic E-state index is 5.87. The van der Waals surface area contributed by atoms with E-state index in [-0.39, 0.29) is 11.1 Å². The van der Waals surface area contributed by atoms with Gasteiger partial charge in [-0.05, 0) is 56.3 Å². The number of aromatic nitrogens is 4. The Balaban J connectivity index is 2.09. The first-order valence-electron chi connectivity index (χ1n) is 7.65. The lowest BCUT2D eigenvalue weighted by molar-refractivity contribution is -0.0906. The van der Waals surface area contributed by atoms with Crippen molar-refractivity contribution >= 4 is 0 Å². The number of tetrazole rings is 1. The zero-order chi connectivity index (χ0) is 15.8. The third-order valence-electron chi connectivity index (χ3n) is 4.47. The van der Waals surface area contributed by atoms with Gasteiger partial charge < -0.3 is 10.1 Å². The zero-order valence-corrected chi connectivity index (χ0v) is 13.6. The van der Waals surface area contributed by atoms with Gasteiger partial charge in [-0.3, -0.25) is 0 Å². The topological polar surface area (TPSA) is 64.9 Å². The Hall–Kier alpha value is -1.79. The molecule has 0 unspecified atom stereocenters. The molecule has 22 heavy (non-hydrogen) atoms. The molecule has 0 saturated carbocycles. The van der Waals surface area contributed by atoms with E-state index < -0.39 is 0 Å². The highest BCUT2D eigenvalue weighted by molar-refractivity contribution is 5.40. The number of nitrogens with one attached hydrogen (secondary N) is 1. The molecule has 0 spiro atoms. The number of aryl methyl sites for hydroxylation is 1. The van der Waals surface area contributed by atoms with Crippen LogP contribution in [0.4, 0.5) is 0 Å². The van der Waals surface area contributed by atoms with Gasteiger partial charge in [-0.15, -0.1) is 5.10 Å². The number of hydrogen-bond donors (Lipinski definition) is 1. The minimum atomic E-state index is -0.284. The fourth-order valence-corrected chi connectivity index (χ4v) is 3.33. The van der Waals surface area contributed by atoms with Crippen molar-refractivity contribution in [1.82, 2.24) is 25.5 Å². The van der Waals surface area contributed by atoms with Crippen LogP contribution >= 0.6 is 0 Å². The first-order valence-corrected chi connectivity index (χ1v) is 7.65. The molecular weight excluding hydrogens is 278 g/mol. The van der Waals surface area contributed by atoms with Gasteiger partial charge in [-0.2, -0.15) is 4.68 Å². The average Bonchev–Trinajstić information content (AvgIpc) is 2.96. The van der Waals surface area contributed by atoms with E-state index in [1.54, 1.807) is 0 Å². The Kier molecular flexibility index (Phi) is 3.74. The highest BCUT2D eigenvalue weighted by Crippen LogP contribution is 2.38. The quantitative estimate of drug-likeness (QED) is 0.939. The van der Waals surface area contributed by atoms with E-state index in [9.17, 15) is 0 Å². The molecule has 118 valence electrons. The number of para-hydroxylation sites is 1. The van der Waals surface area contributed by atoms with Crippen LogP contribution in [0.3, 0.4) is 0 Å². The Morgan fingerprint density at radius 1 is 1.27 bits per heavy atom. The standard InChI is InChI=1S/C16H23N5O/c1-12-7-5-6-8-13(12)21-14(18-19-20-21)16(17-4)9-10-22-15(2,3)11-16/h5-8,17H,9-11H2,1-4H3/t16-/m1/s1. The second-order valence-electron chi connectivity index (χ2n) is 6.57. The average molecular weight is 301 g/mol. The summed E-state index contributed by atoms with van der Waals surface area (Å²) in [6, 6.07) is 8.14. The summed E-state index contributed by atoms with van der Waals surface area (Å²) in [5, 5.41) is 16.0. The fourth-order valence-electron chi connectivity index (χ4n) is 3.33. The Bertz CT molecular complexity index is 666. The smallest absolute Gasteiger partial charge is 0.176 e. The SMILES string of the molecule is CN[C@]1(c2nnnn2-c2ccccc2C)CCOC(C)(C)C1. The lowest BCUT2D eigenvalue weighted by Crippen LogP contribution is -2.52. The van der Waals surface area contributed by atoms with Gasteiger partial charge >= 0.3 is 0 Å². The Labute approximate surface area is 130 Å². The second-order valence-corrected chi connectivity index (χ2v) is 6.57. The van der Waals surface area contributed by atoms with Crippen LogP contribution in [0.5, 0.6) is 0 Å². The van der Waals surface area contributed by atoms with Gasteiger partial charge in [0, 0.05) is 13.0 Å². The van der Waals surface area contributed by atoms with Gasteiger partial charge in [0.1, 0.15) is 0 Å². The molecule has 0 amide bonds. The number of hydrogen-bond acceptors (Lipinski definition) is 5. The van der Waals surface area contributed by atoms with E-state index in [0.717, 1.165) is 29.9 Å². The normalized spacial score (nSPS) is 24.4. The molecular formula is C16H23N5O. The summed E-state index contributed by atoms with van der Waals surface area (Å²) in [6.45, 7) is 6.98. The van der Waals surface area contributed by atoms with Crippen LogP contribution in [0, 0.1) is 6.92 Å². The summed E-state index contributed by atoms with van der Waals surface area (Å²) in [5.74, 6) is 0.848.